The average molecular weight is 471 g/mol. The molecule has 0 saturated carbocycles. The van der Waals surface area contributed by atoms with Gasteiger partial charge in [0.25, 0.3) is 5.91 Å². The first kappa shape index (κ1) is 21.5. The number of aromatic nitrogens is 3. The molecule has 0 unspecified atom stereocenters. The number of carbonyl (C=O) groups is 1. The van der Waals surface area contributed by atoms with Crippen LogP contribution in [0.3, 0.4) is 0 Å². The summed E-state index contributed by atoms with van der Waals surface area (Å²) in [5.74, 6) is -0.712. The molecule has 0 spiro atoms. The largest absolute Gasteiger partial charge is 0.396 e. The molecule has 0 aliphatic heterocycles. The molecule has 5 aromatic rings. The zero-order chi connectivity index (χ0) is 23.5. The molecule has 5 rings (SSSR count). The van der Waals surface area contributed by atoms with Crippen molar-refractivity contribution in [2.45, 2.75) is 6.54 Å². The monoisotopic (exact) mass is 470 g/mol. The molecule has 168 valence electrons. The Labute approximate surface area is 198 Å². The summed E-state index contributed by atoms with van der Waals surface area (Å²) in [7, 11) is 0. The van der Waals surface area contributed by atoms with Crippen LogP contribution in [0, 0.1) is 5.82 Å². The van der Waals surface area contributed by atoms with Crippen molar-refractivity contribution in [3.8, 4) is 11.3 Å². The van der Waals surface area contributed by atoms with E-state index >= 15 is 0 Å². The van der Waals surface area contributed by atoms with E-state index in [4.69, 9.17) is 5.73 Å². The summed E-state index contributed by atoms with van der Waals surface area (Å²) in [5.41, 5.74) is 9.56. The van der Waals surface area contributed by atoms with Crippen molar-refractivity contribution in [2.75, 3.05) is 16.4 Å². The van der Waals surface area contributed by atoms with E-state index in [1.165, 1.54) is 23.5 Å². The van der Waals surface area contributed by atoms with Crippen LogP contribution in [0.25, 0.3) is 22.2 Å². The van der Waals surface area contributed by atoms with Gasteiger partial charge in [0, 0.05) is 35.3 Å². The van der Waals surface area contributed by atoms with Gasteiger partial charge >= 0.3 is 0 Å². The number of hydrogen-bond acceptors (Lipinski definition) is 7. The Morgan fingerprint density at radius 2 is 1.94 bits per heavy atom. The average Bonchev–Trinajstić information content (AvgIpc) is 3.36. The second kappa shape index (κ2) is 9.24. The van der Waals surface area contributed by atoms with Gasteiger partial charge in [0.05, 0.1) is 22.5 Å². The molecule has 2 aromatic carbocycles. The predicted octanol–water partition coefficient (Wildman–Crippen LogP) is 5.34. The maximum Gasteiger partial charge on any atom is 0.260 e. The number of carbonyl (C=O) groups excluding carboxylic acids is 1. The Morgan fingerprint density at radius 1 is 1.03 bits per heavy atom. The van der Waals surface area contributed by atoms with E-state index < -0.39 is 11.7 Å². The Bertz CT molecular complexity index is 1490. The third kappa shape index (κ3) is 4.55. The fourth-order valence-corrected chi connectivity index (χ4v) is 4.03. The molecule has 0 saturated heterocycles. The van der Waals surface area contributed by atoms with E-state index in [1.807, 2.05) is 24.3 Å². The van der Waals surface area contributed by atoms with E-state index in [9.17, 15) is 9.18 Å². The summed E-state index contributed by atoms with van der Waals surface area (Å²) in [6, 6.07) is 17.7. The highest BCUT2D eigenvalue weighted by molar-refractivity contribution is 7.13. The van der Waals surface area contributed by atoms with Gasteiger partial charge in [-0.1, -0.05) is 18.2 Å². The summed E-state index contributed by atoms with van der Waals surface area (Å²) in [6.07, 6.45) is 3.33. The molecule has 0 aliphatic carbocycles. The molecule has 9 heteroatoms. The maximum absolute atomic E-state index is 14.7. The molecule has 0 radical (unpaired) electrons. The van der Waals surface area contributed by atoms with Crippen LogP contribution in [0.15, 0.2) is 78.4 Å². The number of nitrogens with one attached hydrogen (secondary N) is 2. The van der Waals surface area contributed by atoms with Crippen molar-refractivity contribution in [3.05, 3.63) is 95.4 Å². The summed E-state index contributed by atoms with van der Waals surface area (Å²) < 4.78 is 14.7. The van der Waals surface area contributed by atoms with Crippen LogP contribution in [0.4, 0.5) is 21.0 Å². The number of fused-ring (bicyclic) bond motifs is 1. The topological polar surface area (TPSA) is 106 Å². The lowest BCUT2D eigenvalue weighted by Crippen LogP contribution is -2.13. The highest BCUT2D eigenvalue weighted by Gasteiger charge is 2.15. The van der Waals surface area contributed by atoms with Gasteiger partial charge in [0.1, 0.15) is 11.6 Å². The molecule has 3 heterocycles. The lowest BCUT2D eigenvalue weighted by molar-refractivity contribution is 0.102. The molecule has 0 fully saturated rings. The van der Waals surface area contributed by atoms with E-state index in [-0.39, 0.29) is 5.56 Å². The number of nitrogens with zero attached hydrogens (tertiary/aromatic N) is 3. The summed E-state index contributed by atoms with van der Waals surface area (Å²) in [5, 5.41) is 9.02. The first-order valence-electron chi connectivity index (χ1n) is 10.4. The molecule has 34 heavy (non-hydrogen) atoms. The third-order valence-electron chi connectivity index (χ3n) is 5.22. The Hall–Kier alpha value is -4.37. The molecule has 4 N–H and O–H groups in total. The van der Waals surface area contributed by atoms with Gasteiger partial charge in [-0.2, -0.15) is 0 Å². The number of pyridine rings is 2. The summed E-state index contributed by atoms with van der Waals surface area (Å²) >= 11 is 1.26. The molecule has 3 aromatic heterocycles. The highest BCUT2D eigenvalue weighted by Crippen LogP contribution is 2.26. The van der Waals surface area contributed by atoms with Gasteiger partial charge in [-0.15, -0.1) is 11.3 Å². The molecule has 0 atom stereocenters. The van der Waals surface area contributed by atoms with Gasteiger partial charge in [0.2, 0.25) is 0 Å². The minimum Gasteiger partial charge on any atom is -0.396 e. The second-order valence-electron chi connectivity index (χ2n) is 7.50. The van der Waals surface area contributed by atoms with Crippen LogP contribution in [0.1, 0.15) is 15.9 Å². The number of nitrogens with two attached hydrogens (primary N) is 1. The SMILES string of the molecule is Nc1ccc(-c2ccc(C(=O)Nc3nccs3)c(F)c2)nc1NCc1ccc2ncccc2c1. The van der Waals surface area contributed by atoms with E-state index in [0.717, 1.165) is 16.5 Å². The molecule has 0 bridgehead atoms. The van der Waals surface area contributed by atoms with Crippen molar-refractivity contribution in [3.63, 3.8) is 0 Å². The molecular weight excluding hydrogens is 451 g/mol. The number of anilines is 3. The van der Waals surface area contributed by atoms with Crippen LogP contribution in [0.2, 0.25) is 0 Å². The lowest BCUT2D eigenvalue weighted by atomic mass is 10.1. The normalized spacial score (nSPS) is 10.9. The second-order valence-corrected chi connectivity index (χ2v) is 8.40. The van der Waals surface area contributed by atoms with Crippen molar-refractivity contribution >= 4 is 44.8 Å². The smallest absolute Gasteiger partial charge is 0.260 e. The van der Waals surface area contributed by atoms with Crippen LogP contribution in [-0.2, 0) is 6.54 Å². The standard InChI is InChI=1S/C25H19FN6OS/c26-19-13-17(4-5-18(19)24(33)32-25-29-10-11-34-25)22-8-6-20(27)23(31-22)30-14-15-3-7-21-16(12-15)2-1-9-28-21/h1-13H,14,27H2,(H,30,31)(H,29,32,33). The van der Waals surface area contributed by atoms with Gasteiger partial charge < -0.3 is 11.1 Å². The van der Waals surface area contributed by atoms with Crippen molar-refractivity contribution in [2.24, 2.45) is 0 Å². The van der Waals surface area contributed by atoms with Crippen LogP contribution in [-0.4, -0.2) is 20.9 Å². The third-order valence-corrected chi connectivity index (χ3v) is 5.90. The molecule has 1 amide bonds. The van der Waals surface area contributed by atoms with E-state index in [2.05, 4.69) is 31.7 Å². The van der Waals surface area contributed by atoms with Gasteiger partial charge in [-0.3, -0.25) is 15.1 Å². The first-order chi connectivity index (χ1) is 16.6. The summed E-state index contributed by atoms with van der Waals surface area (Å²) in [6.45, 7) is 0.510. The van der Waals surface area contributed by atoms with Crippen molar-refractivity contribution in [1.29, 1.82) is 0 Å². The van der Waals surface area contributed by atoms with Crippen LogP contribution in [0.5, 0.6) is 0 Å². The molecule has 0 aliphatic rings. The van der Waals surface area contributed by atoms with Crippen LogP contribution < -0.4 is 16.4 Å². The molecular formula is C25H19FN6OS. The van der Waals surface area contributed by atoms with Gasteiger partial charge in [-0.05, 0) is 48.0 Å². The minimum atomic E-state index is -0.649. The highest BCUT2D eigenvalue weighted by atomic mass is 32.1. The number of hydrogen-bond donors (Lipinski definition) is 3. The fourth-order valence-electron chi connectivity index (χ4n) is 3.50. The maximum atomic E-state index is 14.7. The predicted molar refractivity (Wildman–Crippen MR) is 133 cm³/mol. The van der Waals surface area contributed by atoms with E-state index in [0.29, 0.717) is 34.4 Å². The number of nitrogen functional groups attached to an aromatic ring is 1. The number of thiazole rings is 1. The van der Waals surface area contributed by atoms with Gasteiger partial charge in [-0.25, -0.2) is 14.4 Å². The van der Waals surface area contributed by atoms with E-state index in [1.54, 1.807) is 36.0 Å². The fraction of sp³-hybridized carbons (Fsp3) is 0.0400. The Morgan fingerprint density at radius 3 is 2.76 bits per heavy atom. The van der Waals surface area contributed by atoms with Crippen molar-refractivity contribution < 1.29 is 9.18 Å². The summed E-state index contributed by atoms with van der Waals surface area (Å²) in [4.78, 5) is 25.2. The van der Waals surface area contributed by atoms with Gasteiger partial charge in [0.15, 0.2) is 5.13 Å². The molecule has 7 nitrogen and oxygen atoms in total. The van der Waals surface area contributed by atoms with Crippen molar-refractivity contribution in [1.82, 2.24) is 15.0 Å². The lowest BCUT2D eigenvalue weighted by Gasteiger charge is -2.12. The minimum absolute atomic E-state index is 0.0708. The number of halogens is 1. The zero-order valence-corrected chi connectivity index (χ0v) is 18.6. The quantitative estimate of drug-likeness (QED) is 0.309. The zero-order valence-electron chi connectivity index (χ0n) is 17.8. The first-order valence-corrected chi connectivity index (χ1v) is 11.3. The Kier molecular flexibility index (Phi) is 5.84. The number of benzene rings is 2. The number of rotatable bonds is 6. The number of amides is 1. The Balaban J connectivity index is 1.34. The van der Waals surface area contributed by atoms with Crippen LogP contribution >= 0.6 is 11.3 Å².